The minimum Gasteiger partial charge on any atom is -0.356 e. The second-order valence-electron chi connectivity index (χ2n) is 6.68. The zero-order valence-corrected chi connectivity index (χ0v) is 15.0. The highest BCUT2D eigenvalue weighted by atomic mass is 32.1. The first-order valence-electron chi connectivity index (χ1n) is 8.36. The minimum absolute atomic E-state index is 0.363. The van der Waals surface area contributed by atoms with Crippen molar-refractivity contribution in [1.29, 1.82) is 0 Å². The second-order valence-corrected chi connectivity index (χ2v) is 7.09. The summed E-state index contributed by atoms with van der Waals surface area (Å²) in [5, 5.41) is 7.64. The van der Waals surface area contributed by atoms with Crippen LogP contribution in [0.1, 0.15) is 69.9 Å². The summed E-state index contributed by atoms with van der Waals surface area (Å²) in [5.74, 6) is 0.942. The summed E-state index contributed by atoms with van der Waals surface area (Å²) >= 11 is 5.55. The standard InChI is InChI=1S/C19H28N2S/c1-13(2)16-11-8-12-17(14(3)4)18(16)21-19(22)20-15-9-6-5-7-10-15/h6,8-9,11-15H,5,7,10H2,1-4H3,(H2,20,21,22). The molecule has 0 spiro atoms. The molecule has 0 saturated carbocycles. The molecule has 2 rings (SSSR count). The van der Waals surface area contributed by atoms with Crippen molar-refractivity contribution in [2.75, 3.05) is 5.32 Å². The van der Waals surface area contributed by atoms with Crippen LogP contribution in [0, 0.1) is 0 Å². The van der Waals surface area contributed by atoms with Gasteiger partial charge in [0.05, 0.1) is 0 Å². The molecule has 1 aliphatic rings. The van der Waals surface area contributed by atoms with Gasteiger partial charge in [-0.3, -0.25) is 0 Å². The van der Waals surface area contributed by atoms with E-state index < -0.39 is 0 Å². The maximum atomic E-state index is 5.55. The highest BCUT2D eigenvalue weighted by Crippen LogP contribution is 2.32. The highest BCUT2D eigenvalue weighted by molar-refractivity contribution is 7.80. The molecule has 1 aliphatic carbocycles. The first kappa shape index (κ1) is 17.0. The molecule has 0 aromatic heterocycles. The van der Waals surface area contributed by atoms with Gasteiger partial charge >= 0.3 is 0 Å². The van der Waals surface area contributed by atoms with Gasteiger partial charge in [-0.25, -0.2) is 0 Å². The summed E-state index contributed by atoms with van der Waals surface area (Å²) in [5.41, 5.74) is 3.84. The molecule has 1 aromatic carbocycles. The van der Waals surface area contributed by atoms with E-state index in [4.69, 9.17) is 12.2 Å². The second kappa shape index (κ2) is 7.77. The maximum absolute atomic E-state index is 5.55. The predicted molar refractivity (Wildman–Crippen MR) is 101 cm³/mol. The molecular weight excluding hydrogens is 288 g/mol. The van der Waals surface area contributed by atoms with E-state index in [1.807, 2.05) is 0 Å². The lowest BCUT2D eigenvalue weighted by atomic mass is 9.93. The summed E-state index contributed by atoms with van der Waals surface area (Å²) in [4.78, 5) is 0. The molecule has 1 aromatic rings. The molecule has 3 heteroatoms. The minimum atomic E-state index is 0.363. The van der Waals surface area contributed by atoms with Crippen molar-refractivity contribution < 1.29 is 0 Å². The first-order chi connectivity index (χ1) is 10.5. The zero-order valence-electron chi connectivity index (χ0n) is 14.1. The molecule has 0 amide bonds. The van der Waals surface area contributed by atoms with Crippen LogP contribution in [0.4, 0.5) is 5.69 Å². The van der Waals surface area contributed by atoms with E-state index in [0.29, 0.717) is 17.9 Å². The van der Waals surface area contributed by atoms with E-state index in [1.165, 1.54) is 29.7 Å². The Balaban J connectivity index is 2.17. The number of thiocarbonyl (C=S) groups is 1. The Kier molecular flexibility index (Phi) is 6.01. The van der Waals surface area contributed by atoms with Gasteiger partial charge in [-0.1, -0.05) is 58.0 Å². The molecular formula is C19H28N2S. The molecule has 0 aliphatic heterocycles. The summed E-state index contributed by atoms with van der Waals surface area (Å²) in [6.45, 7) is 8.91. The number of para-hydroxylation sites is 1. The lowest BCUT2D eigenvalue weighted by Crippen LogP contribution is -2.37. The van der Waals surface area contributed by atoms with Crippen LogP contribution in [-0.4, -0.2) is 11.2 Å². The third-order valence-corrected chi connectivity index (χ3v) is 4.40. The van der Waals surface area contributed by atoms with Crippen LogP contribution in [0.25, 0.3) is 0 Å². The highest BCUT2D eigenvalue weighted by Gasteiger charge is 2.16. The van der Waals surface area contributed by atoms with Crippen molar-refractivity contribution in [3.63, 3.8) is 0 Å². The number of rotatable bonds is 4. The molecule has 2 N–H and O–H groups in total. The third kappa shape index (κ3) is 4.33. The maximum Gasteiger partial charge on any atom is 0.171 e. The van der Waals surface area contributed by atoms with Crippen molar-refractivity contribution in [3.05, 3.63) is 41.5 Å². The first-order valence-corrected chi connectivity index (χ1v) is 8.76. The Morgan fingerprint density at radius 2 is 1.77 bits per heavy atom. The Bertz CT molecular complexity index is 520. The van der Waals surface area contributed by atoms with Gasteiger partial charge < -0.3 is 10.6 Å². The molecule has 0 heterocycles. The van der Waals surface area contributed by atoms with Crippen LogP contribution in [0.2, 0.25) is 0 Å². The monoisotopic (exact) mass is 316 g/mol. The molecule has 22 heavy (non-hydrogen) atoms. The van der Waals surface area contributed by atoms with E-state index in [1.54, 1.807) is 0 Å². The van der Waals surface area contributed by atoms with Crippen molar-refractivity contribution in [3.8, 4) is 0 Å². The molecule has 2 nitrogen and oxygen atoms in total. The van der Waals surface area contributed by atoms with Gasteiger partial charge in [0.25, 0.3) is 0 Å². The number of anilines is 1. The Morgan fingerprint density at radius 3 is 2.27 bits per heavy atom. The summed E-state index contributed by atoms with van der Waals surface area (Å²) in [6.07, 6.45) is 8.05. The largest absolute Gasteiger partial charge is 0.356 e. The normalized spacial score (nSPS) is 17.8. The average Bonchev–Trinajstić information content (AvgIpc) is 2.47. The third-order valence-electron chi connectivity index (χ3n) is 4.18. The van der Waals surface area contributed by atoms with Crippen LogP contribution in [0.3, 0.4) is 0 Å². The van der Waals surface area contributed by atoms with E-state index in [0.717, 1.165) is 11.5 Å². The van der Waals surface area contributed by atoms with Crippen molar-refractivity contribution >= 4 is 23.0 Å². The Morgan fingerprint density at radius 1 is 1.14 bits per heavy atom. The summed E-state index contributed by atoms with van der Waals surface area (Å²) in [6, 6.07) is 6.91. The van der Waals surface area contributed by atoms with Gasteiger partial charge in [0, 0.05) is 11.7 Å². The fraction of sp³-hybridized carbons (Fsp3) is 0.526. The van der Waals surface area contributed by atoms with Crippen LogP contribution >= 0.6 is 12.2 Å². The van der Waals surface area contributed by atoms with E-state index in [9.17, 15) is 0 Å². The van der Waals surface area contributed by atoms with E-state index in [-0.39, 0.29) is 0 Å². The quantitative estimate of drug-likeness (QED) is 0.580. The van der Waals surface area contributed by atoms with E-state index in [2.05, 4.69) is 68.7 Å². The van der Waals surface area contributed by atoms with E-state index >= 15 is 0 Å². The average molecular weight is 317 g/mol. The van der Waals surface area contributed by atoms with Crippen LogP contribution < -0.4 is 10.6 Å². The fourth-order valence-corrected chi connectivity index (χ4v) is 3.20. The van der Waals surface area contributed by atoms with Crippen LogP contribution in [-0.2, 0) is 0 Å². The van der Waals surface area contributed by atoms with Crippen molar-refractivity contribution in [1.82, 2.24) is 5.32 Å². The fourth-order valence-electron chi connectivity index (χ4n) is 2.95. The predicted octanol–water partition coefficient (Wildman–Crippen LogP) is 5.33. The smallest absolute Gasteiger partial charge is 0.171 e. The van der Waals surface area contributed by atoms with Gasteiger partial charge in [-0.2, -0.15) is 0 Å². The summed E-state index contributed by atoms with van der Waals surface area (Å²) in [7, 11) is 0. The SMILES string of the molecule is CC(C)c1cccc(C(C)C)c1NC(=S)NC1C=CCCC1. The molecule has 0 bridgehead atoms. The topological polar surface area (TPSA) is 24.1 Å². The lowest BCUT2D eigenvalue weighted by Gasteiger charge is -2.24. The van der Waals surface area contributed by atoms with Gasteiger partial charge in [0.15, 0.2) is 5.11 Å². The molecule has 0 radical (unpaired) electrons. The Hall–Kier alpha value is -1.35. The molecule has 0 saturated heterocycles. The molecule has 0 fully saturated rings. The van der Waals surface area contributed by atoms with Gasteiger partial charge in [0.2, 0.25) is 0 Å². The Labute approximate surface area is 140 Å². The van der Waals surface area contributed by atoms with Gasteiger partial charge in [-0.15, -0.1) is 0 Å². The number of benzene rings is 1. The van der Waals surface area contributed by atoms with Crippen molar-refractivity contribution in [2.45, 2.75) is 64.8 Å². The number of hydrogen-bond acceptors (Lipinski definition) is 1. The molecule has 1 unspecified atom stereocenters. The van der Waals surface area contributed by atoms with Crippen molar-refractivity contribution in [2.24, 2.45) is 0 Å². The van der Waals surface area contributed by atoms with Gasteiger partial charge in [0.1, 0.15) is 0 Å². The van der Waals surface area contributed by atoms with Gasteiger partial charge in [-0.05, 0) is 54.4 Å². The molecule has 1 atom stereocenters. The summed E-state index contributed by atoms with van der Waals surface area (Å²) < 4.78 is 0. The number of nitrogens with one attached hydrogen (secondary N) is 2. The van der Waals surface area contributed by atoms with Crippen LogP contribution in [0.5, 0.6) is 0 Å². The zero-order chi connectivity index (χ0) is 16.1. The number of allylic oxidation sites excluding steroid dienone is 1. The van der Waals surface area contributed by atoms with Crippen LogP contribution in [0.15, 0.2) is 30.4 Å². The lowest BCUT2D eigenvalue weighted by molar-refractivity contribution is 0.603. The number of hydrogen-bond donors (Lipinski definition) is 2. The molecule has 120 valence electrons.